The van der Waals surface area contributed by atoms with E-state index in [2.05, 4.69) is 0 Å². The zero-order chi connectivity index (χ0) is 33.4. The molecule has 9 atom stereocenters. The predicted molar refractivity (Wildman–Crippen MR) is 163 cm³/mol. The third kappa shape index (κ3) is 8.92. The van der Waals surface area contributed by atoms with Crippen molar-refractivity contribution in [2.45, 2.75) is 89.1 Å². The number of aliphatic carboxylic acids is 1. The van der Waals surface area contributed by atoms with Crippen LogP contribution in [-0.4, -0.2) is 114 Å². The standard InChI is InChI=1S/C33H47NO12/c1-19(2)44-29-28(38)27(37)26(17-36)45-33(29)46-32-24(14-20-7-5-4-6-8-20)23(25(18-43-32)31(41)42-3)10-9-21-13-22(30(39)40)16-34(15-21)11-12-35/h9-10,13-14,16,18-19,23-24,26-29,32-33,35-38H,4-8,11-12,15,17H2,1-3H3,(H,39,40)/p+1. The highest BCUT2D eigenvalue weighted by molar-refractivity contribution is 5.90. The van der Waals surface area contributed by atoms with Gasteiger partial charge in [-0.25, -0.2) is 9.59 Å². The molecule has 0 spiro atoms. The van der Waals surface area contributed by atoms with E-state index in [1.54, 1.807) is 38.3 Å². The van der Waals surface area contributed by atoms with E-state index in [-0.39, 0.29) is 23.9 Å². The minimum Gasteiger partial charge on any atom is -0.477 e. The number of esters is 1. The summed E-state index contributed by atoms with van der Waals surface area (Å²) in [5, 5.41) is 50.4. The number of ether oxygens (including phenoxy) is 5. The Balaban J connectivity index is 1.73. The smallest absolute Gasteiger partial charge is 0.341 e. The number of methoxy groups -OCH3 is 1. The molecule has 1 aliphatic carbocycles. The third-order valence-electron chi connectivity index (χ3n) is 8.61. The summed E-state index contributed by atoms with van der Waals surface area (Å²) < 4.78 is 29.3. The van der Waals surface area contributed by atoms with Crippen LogP contribution in [0, 0.1) is 11.8 Å². The van der Waals surface area contributed by atoms with Gasteiger partial charge < -0.3 is 54.1 Å². The second-order valence-electron chi connectivity index (χ2n) is 12.3. The first-order valence-corrected chi connectivity index (χ1v) is 15.9. The minimum atomic E-state index is -1.42. The lowest BCUT2D eigenvalue weighted by atomic mass is 9.80. The van der Waals surface area contributed by atoms with E-state index in [1.165, 1.54) is 18.9 Å². The fourth-order valence-electron chi connectivity index (χ4n) is 6.31. The van der Waals surface area contributed by atoms with Crippen LogP contribution in [0.1, 0.15) is 46.0 Å². The second-order valence-corrected chi connectivity index (χ2v) is 12.3. The molecule has 13 nitrogen and oxygen atoms in total. The molecule has 13 heteroatoms. The number of quaternary nitrogens is 1. The lowest BCUT2D eigenvalue weighted by Crippen LogP contribution is -3.08. The van der Waals surface area contributed by atoms with Gasteiger partial charge in [-0.2, -0.15) is 0 Å². The van der Waals surface area contributed by atoms with Gasteiger partial charge in [0.25, 0.3) is 0 Å². The Labute approximate surface area is 269 Å². The summed E-state index contributed by atoms with van der Waals surface area (Å²) in [6, 6.07) is 0. The second kappa shape index (κ2) is 16.8. The highest BCUT2D eigenvalue weighted by atomic mass is 16.8. The molecule has 6 N–H and O–H groups in total. The SMILES string of the molecule is COC(=O)C1=COC(OC2OC(CO)C(O)C(O)C2OC(C)C)C(C=C2CCCCC2)C1C=CC1=CC(C(=O)O)=C[NH+](CCO)C1. The molecule has 0 aromatic heterocycles. The van der Waals surface area contributed by atoms with Crippen molar-refractivity contribution in [1.82, 2.24) is 0 Å². The molecule has 1 saturated heterocycles. The minimum absolute atomic E-state index is 0.0944. The Morgan fingerprint density at radius 2 is 1.85 bits per heavy atom. The van der Waals surface area contributed by atoms with Crippen molar-refractivity contribution in [3.8, 4) is 0 Å². The van der Waals surface area contributed by atoms with Gasteiger partial charge in [0.2, 0.25) is 6.29 Å². The van der Waals surface area contributed by atoms with Crippen molar-refractivity contribution >= 4 is 11.9 Å². The summed E-state index contributed by atoms with van der Waals surface area (Å²) in [7, 11) is 1.27. The number of aliphatic hydroxyl groups is 4. The molecular formula is C33H48NO12+. The molecule has 3 aliphatic heterocycles. The van der Waals surface area contributed by atoms with Crippen LogP contribution in [0.2, 0.25) is 0 Å². The average molecular weight is 651 g/mol. The Bertz CT molecular complexity index is 1210. The van der Waals surface area contributed by atoms with E-state index in [1.807, 2.05) is 6.08 Å². The van der Waals surface area contributed by atoms with Crippen LogP contribution in [0.15, 0.2) is 59.1 Å². The van der Waals surface area contributed by atoms with E-state index < -0.39 is 67.4 Å². The molecule has 46 heavy (non-hydrogen) atoms. The van der Waals surface area contributed by atoms with Gasteiger partial charge in [-0.05, 0) is 45.6 Å². The largest absolute Gasteiger partial charge is 0.477 e. The van der Waals surface area contributed by atoms with E-state index in [0.717, 1.165) is 37.0 Å². The van der Waals surface area contributed by atoms with Crippen molar-refractivity contribution < 1.29 is 63.7 Å². The molecular weight excluding hydrogens is 602 g/mol. The lowest BCUT2D eigenvalue weighted by Gasteiger charge is -2.44. The topological polar surface area (TPSA) is 186 Å². The van der Waals surface area contributed by atoms with E-state index in [4.69, 9.17) is 23.7 Å². The molecule has 2 fully saturated rings. The fourth-order valence-corrected chi connectivity index (χ4v) is 6.31. The zero-order valence-corrected chi connectivity index (χ0v) is 26.6. The number of carboxylic acids is 1. The molecule has 3 heterocycles. The van der Waals surface area contributed by atoms with Gasteiger partial charge in [-0.3, -0.25) is 0 Å². The van der Waals surface area contributed by atoms with Crippen molar-refractivity contribution in [3.63, 3.8) is 0 Å². The van der Waals surface area contributed by atoms with Gasteiger partial charge in [0.1, 0.15) is 49.3 Å². The van der Waals surface area contributed by atoms with Gasteiger partial charge in [0.15, 0.2) is 6.29 Å². The summed E-state index contributed by atoms with van der Waals surface area (Å²) in [5.41, 5.74) is 2.18. The maximum Gasteiger partial charge on any atom is 0.341 e. The van der Waals surface area contributed by atoms with E-state index >= 15 is 0 Å². The van der Waals surface area contributed by atoms with Crippen LogP contribution in [0.4, 0.5) is 0 Å². The summed E-state index contributed by atoms with van der Waals surface area (Å²) >= 11 is 0. The van der Waals surface area contributed by atoms with E-state index in [0.29, 0.717) is 18.7 Å². The van der Waals surface area contributed by atoms with Crippen LogP contribution < -0.4 is 4.90 Å². The molecule has 0 amide bonds. The first-order valence-electron chi connectivity index (χ1n) is 15.9. The lowest BCUT2D eigenvalue weighted by molar-refractivity contribution is -0.842. The molecule has 9 unspecified atom stereocenters. The average Bonchev–Trinajstić information content (AvgIpc) is 3.04. The Morgan fingerprint density at radius 1 is 1.11 bits per heavy atom. The first-order chi connectivity index (χ1) is 22.1. The van der Waals surface area contributed by atoms with Crippen LogP contribution in [-0.2, 0) is 33.3 Å². The molecule has 0 aromatic rings. The summed E-state index contributed by atoms with van der Waals surface area (Å²) in [6.45, 7) is 3.60. The number of carbonyl (C=O) groups excluding carboxylic acids is 1. The number of carboxylic acid groups (broad SMARTS) is 1. The van der Waals surface area contributed by atoms with Crippen LogP contribution in [0.25, 0.3) is 0 Å². The number of carbonyl (C=O) groups is 2. The molecule has 4 aliphatic rings. The number of hydrogen-bond acceptors (Lipinski definition) is 11. The van der Waals surface area contributed by atoms with Gasteiger partial charge in [0, 0.05) is 11.5 Å². The molecule has 0 bridgehead atoms. The van der Waals surface area contributed by atoms with Crippen molar-refractivity contribution in [1.29, 1.82) is 0 Å². The maximum absolute atomic E-state index is 13.0. The van der Waals surface area contributed by atoms with Gasteiger partial charge in [0.05, 0.1) is 44.2 Å². The van der Waals surface area contributed by atoms with Gasteiger partial charge in [-0.1, -0.05) is 30.2 Å². The number of aliphatic hydroxyl groups excluding tert-OH is 4. The number of nitrogens with one attached hydrogen (secondary N) is 1. The zero-order valence-electron chi connectivity index (χ0n) is 26.6. The molecule has 4 rings (SSSR count). The number of rotatable bonds is 12. The molecule has 1 saturated carbocycles. The van der Waals surface area contributed by atoms with E-state index in [9.17, 15) is 35.1 Å². The number of allylic oxidation sites excluding steroid dienone is 2. The summed E-state index contributed by atoms with van der Waals surface area (Å²) in [6.07, 6.45) is 7.17. The van der Waals surface area contributed by atoms with Gasteiger partial charge >= 0.3 is 11.9 Å². The highest BCUT2D eigenvalue weighted by Crippen LogP contribution is 2.39. The third-order valence-corrected chi connectivity index (χ3v) is 8.61. The van der Waals surface area contributed by atoms with Crippen LogP contribution >= 0.6 is 0 Å². The van der Waals surface area contributed by atoms with Crippen molar-refractivity contribution in [3.05, 3.63) is 59.1 Å². The Morgan fingerprint density at radius 3 is 2.48 bits per heavy atom. The summed E-state index contributed by atoms with van der Waals surface area (Å²) in [5.74, 6) is -2.93. The molecule has 256 valence electrons. The normalized spacial score (nSPS) is 33.6. The van der Waals surface area contributed by atoms with Gasteiger partial charge in [-0.15, -0.1) is 0 Å². The Hall–Kier alpha value is -2.88. The van der Waals surface area contributed by atoms with Crippen molar-refractivity contribution in [2.75, 3.05) is 33.4 Å². The fraction of sp³-hybridized carbons (Fsp3) is 0.636. The van der Waals surface area contributed by atoms with Crippen LogP contribution in [0.3, 0.4) is 0 Å². The predicted octanol–water partition coefficient (Wildman–Crippen LogP) is 0.114. The Kier molecular flexibility index (Phi) is 13.1. The quantitative estimate of drug-likeness (QED) is 0.124. The monoisotopic (exact) mass is 650 g/mol. The van der Waals surface area contributed by atoms with Crippen LogP contribution in [0.5, 0.6) is 0 Å². The molecule has 0 aromatic carbocycles. The first kappa shape index (κ1) is 36.0. The molecule has 0 radical (unpaired) electrons. The number of hydrogen-bond donors (Lipinski definition) is 6. The maximum atomic E-state index is 13.0. The van der Waals surface area contributed by atoms with Crippen molar-refractivity contribution in [2.24, 2.45) is 11.8 Å². The summed E-state index contributed by atoms with van der Waals surface area (Å²) in [4.78, 5) is 25.6. The highest BCUT2D eigenvalue weighted by Gasteiger charge is 2.49.